The van der Waals surface area contributed by atoms with Gasteiger partial charge in [-0.1, -0.05) is 161 Å². The van der Waals surface area contributed by atoms with Gasteiger partial charge in [-0.3, -0.25) is 0 Å². The van der Waals surface area contributed by atoms with Gasteiger partial charge < -0.3 is 19.7 Å². The van der Waals surface area contributed by atoms with Gasteiger partial charge in [-0.05, 0) is 164 Å². The molecule has 2 atom stereocenters. The average molecular weight is 933 g/mol. The molecule has 69 heavy (non-hydrogen) atoms. The molecule has 4 heteroatoms. The number of benzene rings is 4. The lowest BCUT2D eigenvalue weighted by atomic mass is 9.69. The first-order valence-electron chi connectivity index (χ1n) is 25.7. The zero-order chi connectivity index (χ0) is 51.4. The molecule has 0 bridgehead atoms. The van der Waals surface area contributed by atoms with Gasteiger partial charge in [0.15, 0.2) is 0 Å². The summed E-state index contributed by atoms with van der Waals surface area (Å²) in [5.74, 6) is 2.74. The molecule has 6 rings (SSSR count). The lowest BCUT2D eigenvalue weighted by molar-refractivity contribution is 0.248. The first-order valence-corrected chi connectivity index (χ1v) is 25.7. The molecular formula is C65H88O4. The van der Waals surface area contributed by atoms with Crippen LogP contribution in [0.25, 0.3) is 33.4 Å². The SMILES string of the molecule is Cc1cc(C2=CC(C(C)(C)C)=CC(C(C)(C)C)C2)c(O)c(-c2cc(C(C)(C)C)ccc2OCCCOc2ccc(C(C)(C)C)cc2-c2cc(C)cc(C3=CC(C(C)(C)C)=C[C@@H](C(C)(C)C)C3)c2O)c1. The molecule has 0 aliphatic heterocycles. The zero-order valence-electron chi connectivity index (χ0n) is 46.5. The van der Waals surface area contributed by atoms with E-state index in [1.807, 2.05) is 0 Å². The summed E-state index contributed by atoms with van der Waals surface area (Å²) in [7, 11) is 0. The van der Waals surface area contributed by atoms with Crippen molar-refractivity contribution in [3.8, 4) is 45.3 Å². The molecule has 0 saturated heterocycles. The van der Waals surface area contributed by atoms with Crippen molar-refractivity contribution in [2.75, 3.05) is 13.2 Å². The van der Waals surface area contributed by atoms with Gasteiger partial charge in [-0.15, -0.1) is 0 Å². The minimum Gasteiger partial charge on any atom is -0.507 e. The number of phenols is 2. The molecule has 372 valence electrons. The highest BCUT2D eigenvalue weighted by Gasteiger charge is 2.34. The van der Waals surface area contributed by atoms with Crippen molar-refractivity contribution >= 4 is 11.1 Å². The van der Waals surface area contributed by atoms with Gasteiger partial charge in [0.25, 0.3) is 0 Å². The van der Waals surface area contributed by atoms with Crippen molar-refractivity contribution in [1.29, 1.82) is 0 Å². The van der Waals surface area contributed by atoms with Gasteiger partial charge in [0, 0.05) is 39.8 Å². The van der Waals surface area contributed by atoms with Crippen LogP contribution in [0.4, 0.5) is 0 Å². The third kappa shape index (κ3) is 12.5. The largest absolute Gasteiger partial charge is 0.507 e. The molecule has 2 aliphatic rings. The van der Waals surface area contributed by atoms with Gasteiger partial charge in [0.05, 0.1) is 13.2 Å². The molecule has 0 heterocycles. The van der Waals surface area contributed by atoms with Gasteiger partial charge >= 0.3 is 0 Å². The fraction of sp³-hybridized carbons (Fsp3) is 0.508. The molecule has 0 saturated carbocycles. The van der Waals surface area contributed by atoms with Crippen LogP contribution in [0.5, 0.6) is 23.0 Å². The maximum atomic E-state index is 12.4. The van der Waals surface area contributed by atoms with Crippen molar-refractivity contribution in [2.45, 2.75) is 169 Å². The lowest BCUT2D eigenvalue weighted by Gasteiger charge is -2.36. The van der Waals surface area contributed by atoms with E-state index in [2.05, 4.69) is 223 Å². The highest BCUT2D eigenvalue weighted by atomic mass is 16.5. The molecule has 4 aromatic rings. The van der Waals surface area contributed by atoms with Crippen molar-refractivity contribution in [1.82, 2.24) is 0 Å². The molecule has 0 fully saturated rings. The van der Waals surface area contributed by atoms with Gasteiger partial charge in [0.2, 0.25) is 0 Å². The Kier molecular flexibility index (Phi) is 15.0. The second-order valence-electron chi connectivity index (χ2n) is 26.8. The van der Waals surface area contributed by atoms with E-state index < -0.39 is 0 Å². The van der Waals surface area contributed by atoms with Gasteiger partial charge in [-0.2, -0.15) is 0 Å². The number of ether oxygens (including phenoxy) is 2. The van der Waals surface area contributed by atoms with Crippen LogP contribution in [0.1, 0.15) is 177 Å². The summed E-state index contributed by atoms with van der Waals surface area (Å²) in [6, 6.07) is 21.4. The monoisotopic (exact) mass is 933 g/mol. The number of hydrogen-bond donors (Lipinski definition) is 2. The van der Waals surface area contributed by atoms with E-state index in [1.165, 1.54) is 33.4 Å². The molecule has 0 spiro atoms. The topological polar surface area (TPSA) is 58.9 Å². The molecule has 0 aromatic heterocycles. The van der Waals surface area contributed by atoms with Crippen molar-refractivity contribution in [3.63, 3.8) is 0 Å². The summed E-state index contributed by atoms with van der Waals surface area (Å²) in [6.07, 6.45) is 11.9. The Morgan fingerprint density at radius 1 is 0.435 bits per heavy atom. The molecule has 0 amide bonds. The highest BCUT2D eigenvalue weighted by molar-refractivity contribution is 5.87. The maximum absolute atomic E-state index is 12.4. The van der Waals surface area contributed by atoms with E-state index in [0.717, 1.165) is 68.8 Å². The van der Waals surface area contributed by atoms with Crippen LogP contribution in [0.15, 0.2) is 96.1 Å². The maximum Gasteiger partial charge on any atom is 0.131 e. The Bertz CT molecular complexity index is 2490. The first kappa shape index (κ1) is 53.4. The Morgan fingerprint density at radius 3 is 1.07 bits per heavy atom. The number of hydrogen-bond acceptors (Lipinski definition) is 4. The number of rotatable bonds is 10. The van der Waals surface area contributed by atoms with E-state index in [1.54, 1.807) is 0 Å². The summed E-state index contributed by atoms with van der Waals surface area (Å²) < 4.78 is 13.4. The van der Waals surface area contributed by atoms with E-state index in [0.29, 0.717) is 43.0 Å². The highest BCUT2D eigenvalue weighted by Crippen LogP contribution is 2.51. The number of phenolic OH excluding ortho intramolecular Hbond substituents is 2. The second-order valence-corrected chi connectivity index (χ2v) is 26.8. The number of aromatic hydroxyl groups is 2. The third-order valence-corrected chi connectivity index (χ3v) is 14.5. The lowest BCUT2D eigenvalue weighted by Crippen LogP contribution is -2.23. The Balaban J connectivity index is 1.31. The van der Waals surface area contributed by atoms with Crippen LogP contribution in [-0.2, 0) is 10.8 Å². The van der Waals surface area contributed by atoms with Crippen molar-refractivity contribution in [3.05, 3.63) is 129 Å². The summed E-state index contributed by atoms with van der Waals surface area (Å²) in [5, 5.41) is 24.8. The smallest absolute Gasteiger partial charge is 0.131 e. The predicted molar refractivity (Wildman–Crippen MR) is 296 cm³/mol. The number of aryl methyl sites for hydroxylation is 2. The second kappa shape index (κ2) is 19.3. The van der Waals surface area contributed by atoms with Crippen LogP contribution in [0, 0.1) is 47.3 Å². The summed E-state index contributed by atoms with van der Waals surface area (Å²) in [6.45, 7) is 46.0. The summed E-state index contributed by atoms with van der Waals surface area (Å²) in [4.78, 5) is 0. The van der Waals surface area contributed by atoms with Crippen LogP contribution >= 0.6 is 0 Å². The van der Waals surface area contributed by atoms with E-state index >= 15 is 0 Å². The minimum atomic E-state index is -0.108. The number of allylic oxidation sites excluding steroid dienone is 8. The Morgan fingerprint density at radius 2 is 0.768 bits per heavy atom. The van der Waals surface area contributed by atoms with Crippen molar-refractivity contribution in [2.24, 2.45) is 33.5 Å². The summed E-state index contributed by atoms with van der Waals surface area (Å²) >= 11 is 0. The van der Waals surface area contributed by atoms with Gasteiger partial charge in [-0.25, -0.2) is 0 Å². The van der Waals surface area contributed by atoms with Gasteiger partial charge in [0.1, 0.15) is 23.0 Å². The summed E-state index contributed by atoms with van der Waals surface area (Å²) in [5.41, 5.74) is 14.5. The molecule has 4 aromatic carbocycles. The van der Waals surface area contributed by atoms with E-state index in [9.17, 15) is 10.2 Å². The molecule has 1 unspecified atom stereocenters. The van der Waals surface area contributed by atoms with E-state index in [4.69, 9.17) is 9.47 Å². The Labute approximate surface area is 419 Å². The quantitative estimate of drug-likeness (QED) is 0.156. The predicted octanol–water partition coefficient (Wildman–Crippen LogP) is 18.3. The molecular weight excluding hydrogens is 845 g/mol. The average Bonchev–Trinajstić information content (AvgIpc) is 3.22. The normalized spacial score (nSPS) is 17.5. The Hall–Kier alpha value is -4.96. The van der Waals surface area contributed by atoms with E-state index in [-0.39, 0.29) is 32.5 Å². The minimum absolute atomic E-state index is 0.0235. The van der Waals surface area contributed by atoms with Crippen molar-refractivity contribution < 1.29 is 19.7 Å². The molecule has 4 nitrogen and oxygen atoms in total. The molecule has 2 aliphatic carbocycles. The van der Waals surface area contributed by atoms with Crippen LogP contribution in [0.2, 0.25) is 0 Å². The molecule has 0 radical (unpaired) electrons. The first-order chi connectivity index (χ1) is 31.6. The van der Waals surface area contributed by atoms with Crippen LogP contribution < -0.4 is 9.47 Å². The fourth-order valence-electron chi connectivity index (χ4n) is 9.58. The zero-order valence-corrected chi connectivity index (χ0v) is 46.5. The van der Waals surface area contributed by atoms with Crippen LogP contribution in [0.3, 0.4) is 0 Å². The van der Waals surface area contributed by atoms with Crippen LogP contribution in [-0.4, -0.2) is 23.4 Å². The third-order valence-electron chi connectivity index (χ3n) is 14.5. The fourth-order valence-corrected chi connectivity index (χ4v) is 9.58. The standard InChI is InChI=1S/C65H88O4/c1-40-28-50(42-32-46(62(9,10)11)36-47(33-42)63(12,13)14)58(66)54(30-40)52-38-44(60(3,4)5)22-24-56(52)68-26-21-27-69-57-25-23-45(61(6,7)8)39-53(57)55-31-41(2)29-51(59(55)67)43-34-48(64(15,16)17)37-49(35-43)65(18,19)20/h22-25,28-32,34,36-39,47,49,66-67H,21,26-27,33,35H2,1-20H3/t47-,49?/m0/s1. The molecule has 2 N–H and O–H groups in total.